The van der Waals surface area contributed by atoms with Gasteiger partial charge in [0, 0.05) is 16.9 Å². The minimum Gasteiger partial charge on any atom is -0.497 e. The summed E-state index contributed by atoms with van der Waals surface area (Å²) in [5.74, 6) is 1.17. The number of aliphatic hydroxyl groups is 1. The number of anilines is 2. The molecule has 7 nitrogen and oxygen atoms in total. The minimum atomic E-state index is -1.74. The van der Waals surface area contributed by atoms with E-state index in [-0.39, 0.29) is 11.9 Å². The first-order valence-corrected chi connectivity index (χ1v) is 11.0. The van der Waals surface area contributed by atoms with Gasteiger partial charge in [0.15, 0.2) is 5.72 Å². The predicted octanol–water partition coefficient (Wildman–Crippen LogP) is 4.89. The lowest BCUT2D eigenvalue weighted by atomic mass is 9.86. The summed E-state index contributed by atoms with van der Waals surface area (Å²) in [7, 11) is 3.15. The van der Waals surface area contributed by atoms with Crippen LogP contribution in [0, 0.1) is 17.2 Å². The SMILES string of the molecule is COc1ccc(N2C(=O)N(c3ccc(OC)cc3)C(O)(c3cccc(C#N)c3)C2C(C)C)cc1. The average molecular weight is 458 g/mol. The number of nitrogens with zero attached hydrogens (tertiary/aromatic N) is 3. The van der Waals surface area contributed by atoms with Crippen LogP contribution in [0.3, 0.4) is 0 Å². The average Bonchev–Trinajstić information content (AvgIpc) is 3.11. The Hall–Kier alpha value is -4.02. The Morgan fingerprint density at radius 1 is 0.941 bits per heavy atom. The molecular formula is C27H27N3O4. The highest BCUT2D eigenvalue weighted by atomic mass is 16.5. The largest absolute Gasteiger partial charge is 0.497 e. The Morgan fingerprint density at radius 3 is 2.00 bits per heavy atom. The maximum atomic E-state index is 14.0. The molecule has 0 spiro atoms. The van der Waals surface area contributed by atoms with Crippen LogP contribution in [0.15, 0.2) is 72.8 Å². The van der Waals surface area contributed by atoms with Gasteiger partial charge in [-0.1, -0.05) is 26.0 Å². The lowest BCUT2D eigenvalue weighted by Gasteiger charge is -2.39. The lowest BCUT2D eigenvalue weighted by molar-refractivity contribution is 0.0177. The number of carbonyl (C=O) groups excluding carboxylic acids is 1. The van der Waals surface area contributed by atoms with Crippen molar-refractivity contribution in [1.82, 2.24) is 0 Å². The second-order valence-corrected chi connectivity index (χ2v) is 8.49. The van der Waals surface area contributed by atoms with E-state index in [4.69, 9.17) is 9.47 Å². The standard InChI is InChI=1S/C27H27N3O4/c1-18(2)25-27(32,20-7-5-6-19(16-20)17-28)30(22-10-14-24(34-4)15-11-22)26(31)29(25)21-8-12-23(33-3)13-9-21/h5-16,18,25,32H,1-4H3. The van der Waals surface area contributed by atoms with E-state index in [0.29, 0.717) is 34.0 Å². The highest BCUT2D eigenvalue weighted by Crippen LogP contribution is 2.47. The Morgan fingerprint density at radius 2 is 1.50 bits per heavy atom. The predicted molar refractivity (Wildman–Crippen MR) is 130 cm³/mol. The van der Waals surface area contributed by atoms with Gasteiger partial charge in [-0.2, -0.15) is 5.26 Å². The smallest absolute Gasteiger partial charge is 0.332 e. The summed E-state index contributed by atoms with van der Waals surface area (Å²) in [6.45, 7) is 3.93. The number of rotatable bonds is 6. The van der Waals surface area contributed by atoms with Crippen molar-refractivity contribution >= 4 is 17.4 Å². The van der Waals surface area contributed by atoms with Gasteiger partial charge in [-0.25, -0.2) is 4.79 Å². The van der Waals surface area contributed by atoms with Crippen molar-refractivity contribution in [2.45, 2.75) is 25.6 Å². The number of hydrogen-bond donors (Lipinski definition) is 1. The molecular weight excluding hydrogens is 430 g/mol. The first-order chi connectivity index (χ1) is 16.3. The van der Waals surface area contributed by atoms with E-state index in [1.165, 1.54) is 4.90 Å². The summed E-state index contributed by atoms with van der Waals surface area (Å²) in [6.07, 6.45) is 0. The highest BCUT2D eigenvalue weighted by Gasteiger charge is 2.59. The van der Waals surface area contributed by atoms with Crippen LogP contribution in [0.2, 0.25) is 0 Å². The normalized spacial score (nSPS) is 19.9. The molecule has 1 heterocycles. The molecule has 2 amide bonds. The first-order valence-electron chi connectivity index (χ1n) is 11.0. The van der Waals surface area contributed by atoms with E-state index in [1.807, 2.05) is 13.8 Å². The van der Waals surface area contributed by atoms with Crippen molar-refractivity contribution in [2.75, 3.05) is 24.0 Å². The number of nitriles is 1. The van der Waals surface area contributed by atoms with E-state index in [9.17, 15) is 15.2 Å². The number of carbonyl (C=O) groups is 1. The van der Waals surface area contributed by atoms with Gasteiger partial charge in [0.2, 0.25) is 0 Å². The molecule has 1 N–H and O–H groups in total. The van der Waals surface area contributed by atoms with Crippen LogP contribution < -0.4 is 19.3 Å². The summed E-state index contributed by atoms with van der Waals surface area (Å²) in [4.78, 5) is 17.1. The van der Waals surface area contributed by atoms with Gasteiger partial charge in [-0.3, -0.25) is 9.80 Å². The van der Waals surface area contributed by atoms with Crippen LogP contribution in [-0.2, 0) is 5.72 Å². The van der Waals surface area contributed by atoms with Crippen LogP contribution >= 0.6 is 0 Å². The quantitative estimate of drug-likeness (QED) is 0.569. The van der Waals surface area contributed by atoms with Gasteiger partial charge in [-0.05, 0) is 66.6 Å². The van der Waals surface area contributed by atoms with Crippen LogP contribution in [-0.4, -0.2) is 31.4 Å². The number of methoxy groups -OCH3 is 2. The Balaban J connectivity index is 1.95. The van der Waals surface area contributed by atoms with E-state index >= 15 is 0 Å². The molecule has 1 saturated heterocycles. The van der Waals surface area contributed by atoms with Crippen LogP contribution in [0.1, 0.15) is 25.0 Å². The molecule has 2 unspecified atom stereocenters. The van der Waals surface area contributed by atoms with Gasteiger partial charge in [0.05, 0.1) is 31.9 Å². The fourth-order valence-electron chi connectivity index (χ4n) is 4.62. The summed E-state index contributed by atoms with van der Waals surface area (Å²) in [6, 6.07) is 22.0. The van der Waals surface area contributed by atoms with E-state index < -0.39 is 11.8 Å². The summed E-state index contributed by atoms with van der Waals surface area (Å²) >= 11 is 0. The number of hydrogen-bond acceptors (Lipinski definition) is 5. The van der Waals surface area contributed by atoms with Crippen molar-refractivity contribution in [3.8, 4) is 17.6 Å². The third-order valence-corrected chi connectivity index (χ3v) is 6.16. The Kier molecular flexibility index (Phi) is 6.18. The van der Waals surface area contributed by atoms with Crippen molar-refractivity contribution in [3.05, 3.63) is 83.9 Å². The zero-order chi connectivity index (χ0) is 24.5. The van der Waals surface area contributed by atoms with Crippen LogP contribution in [0.5, 0.6) is 11.5 Å². The van der Waals surface area contributed by atoms with Crippen LogP contribution in [0.4, 0.5) is 16.2 Å². The summed E-state index contributed by atoms with van der Waals surface area (Å²) in [5.41, 5.74) is 0.267. The van der Waals surface area contributed by atoms with E-state index in [1.54, 1.807) is 91.9 Å². The van der Waals surface area contributed by atoms with Crippen molar-refractivity contribution in [2.24, 2.45) is 5.92 Å². The second-order valence-electron chi connectivity index (χ2n) is 8.49. The zero-order valence-electron chi connectivity index (χ0n) is 19.6. The number of urea groups is 1. The topological polar surface area (TPSA) is 86.0 Å². The number of amides is 2. The molecule has 0 saturated carbocycles. The number of ether oxygens (including phenoxy) is 2. The molecule has 3 aromatic carbocycles. The van der Waals surface area contributed by atoms with Crippen LogP contribution in [0.25, 0.3) is 0 Å². The van der Waals surface area contributed by atoms with E-state index in [2.05, 4.69) is 6.07 Å². The maximum Gasteiger partial charge on any atom is 0.332 e. The Bertz CT molecular complexity index is 1220. The molecule has 4 rings (SSSR count). The fourth-order valence-corrected chi connectivity index (χ4v) is 4.62. The molecule has 2 atom stereocenters. The van der Waals surface area contributed by atoms with Crippen molar-refractivity contribution < 1.29 is 19.4 Å². The molecule has 34 heavy (non-hydrogen) atoms. The third-order valence-electron chi connectivity index (χ3n) is 6.16. The molecule has 3 aromatic rings. The maximum absolute atomic E-state index is 14.0. The molecule has 1 fully saturated rings. The van der Waals surface area contributed by atoms with Gasteiger partial charge in [0.25, 0.3) is 0 Å². The molecule has 174 valence electrons. The van der Waals surface area contributed by atoms with Crippen molar-refractivity contribution in [3.63, 3.8) is 0 Å². The molecule has 0 aromatic heterocycles. The Labute approximate surface area is 199 Å². The summed E-state index contributed by atoms with van der Waals surface area (Å²) < 4.78 is 10.5. The monoisotopic (exact) mass is 457 g/mol. The minimum absolute atomic E-state index is 0.134. The van der Waals surface area contributed by atoms with Gasteiger partial charge in [-0.15, -0.1) is 0 Å². The molecule has 7 heteroatoms. The van der Waals surface area contributed by atoms with Crippen molar-refractivity contribution in [1.29, 1.82) is 5.26 Å². The first kappa shape index (κ1) is 23.1. The molecule has 0 bridgehead atoms. The number of benzene rings is 3. The van der Waals surface area contributed by atoms with E-state index in [0.717, 1.165) is 0 Å². The lowest BCUT2D eigenvalue weighted by Crippen LogP contribution is -2.52. The zero-order valence-corrected chi connectivity index (χ0v) is 19.6. The molecule has 0 aliphatic carbocycles. The highest BCUT2D eigenvalue weighted by molar-refractivity contribution is 6.08. The van der Waals surface area contributed by atoms with Gasteiger partial charge < -0.3 is 14.6 Å². The van der Waals surface area contributed by atoms with Gasteiger partial charge in [0.1, 0.15) is 11.5 Å². The molecule has 1 aliphatic heterocycles. The molecule has 1 aliphatic rings. The van der Waals surface area contributed by atoms with Gasteiger partial charge >= 0.3 is 6.03 Å². The molecule has 0 radical (unpaired) electrons. The summed E-state index contributed by atoms with van der Waals surface area (Å²) in [5, 5.41) is 21.9. The second kappa shape index (κ2) is 9.08. The fraction of sp³-hybridized carbons (Fsp3) is 0.259. The third kappa shape index (κ3) is 3.72.